The molecule has 2 aliphatic rings. The average molecular weight is 345 g/mol. The van der Waals surface area contributed by atoms with Crippen LogP contribution in [0.5, 0.6) is 0 Å². The van der Waals surface area contributed by atoms with Crippen molar-refractivity contribution in [2.45, 2.75) is 18.9 Å². The summed E-state index contributed by atoms with van der Waals surface area (Å²) in [7, 11) is 1.78. The van der Waals surface area contributed by atoms with E-state index in [0.29, 0.717) is 6.54 Å². The highest BCUT2D eigenvalue weighted by Crippen LogP contribution is 2.51. The van der Waals surface area contributed by atoms with Crippen LogP contribution in [0.2, 0.25) is 0 Å². The van der Waals surface area contributed by atoms with Crippen molar-refractivity contribution >= 4 is 28.4 Å². The number of carbonyl (C=O) groups is 2. The van der Waals surface area contributed by atoms with Crippen molar-refractivity contribution < 1.29 is 9.59 Å². The molecule has 26 heavy (non-hydrogen) atoms. The predicted octanol–water partition coefficient (Wildman–Crippen LogP) is 2.79. The largest absolute Gasteiger partial charge is 0.355 e. The monoisotopic (exact) mass is 345 g/mol. The molecular weight excluding hydrogens is 326 g/mol. The molecule has 3 heterocycles. The van der Waals surface area contributed by atoms with Crippen LogP contribution in [0.4, 0.5) is 5.69 Å². The first-order chi connectivity index (χ1) is 12.6. The number of carbonyl (C=O) groups excluding carboxylic acids is 2. The van der Waals surface area contributed by atoms with Crippen LogP contribution < -0.4 is 4.90 Å². The van der Waals surface area contributed by atoms with Crippen LogP contribution in [0.15, 0.2) is 48.5 Å². The van der Waals surface area contributed by atoms with Crippen molar-refractivity contribution in [1.29, 1.82) is 0 Å². The van der Waals surface area contributed by atoms with Gasteiger partial charge in [-0.2, -0.15) is 0 Å². The van der Waals surface area contributed by atoms with E-state index in [0.717, 1.165) is 39.8 Å². The summed E-state index contributed by atoms with van der Waals surface area (Å²) in [5.74, 6) is -0.172. The van der Waals surface area contributed by atoms with Gasteiger partial charge in [-0.1, -0.05) is 36.4 Å². The Labute approximate surface area is 151 Å². The third-order valence-corrected chi connectivity index (χ3v) is 5.82. The number of benzene rings is 2. The molecule has 5 nitrogen and oxygen atoms in total. The SMILES string of the molecule is CC(=O)N1CCc2c([nH]c3ccccc23)[C@]12C(=O)N(C)c1ccccc12. The van der Waals surface area contributed by atoms with Gasteiger partial charge in [-0.15, -0.1) is 0 Å². The van der Waals surface area contributed by atoms with Gasteiger partial charge < -0.3 is 14.8 Å². The van der Waals surface area contributed by atoms with Crippen molar-refractivity contribution in [1.82, 2.24) is 9.88 Å². The average Bonchev–Trinajstić information content (AvgIpc) is 3.13. The number of fused-ring (bicyclic) bond motifs is 6. The molecule has 0 bridgehead atoms. The molecule has 1 spiro atoms. The van der Waals surface area contributed by atoms with E-state index in [1.54, 1.807) is 23.8 Å². The van der Waals surface area contributed by atoms with Crippen LogP contribution >= 0.6 is 0 Å². The number of aromatic nitrogens is 1. The first-order valence-electron chi connectivity index (χ1n) is 8.82. The second kappa shape index (κ2) is 4.97. The Morgan fingerprint density at radius 3 is 2.65 bits per heavy atom. The number of amides is 2. The lowest BCUT2D eigenvalue weighted by molar-refractivity contribution is -0.143. The molecule has 2 aromatic carbocycles. The smallest absolute Gasteiger partial charge is 0.263 e. The molecule has 5 heteroatoms. The van der Waals surface area contributed by atoms with E-state index in [2.05, 4.69) is 11.1 Å². The lowest BCUT2D eigenvalue weighted by Crippen LogP contribution is -2.58. The molecule has 0 unspecified atom stereocenters. The highest BCUT2D eigenvalue weighted by Gasteiger charge is 2.59. The standard InChI is InChI=1S/C21H19N3O2/c1-13(25)24-12-11-15-14-7-3-5-9-17(14)22-19(15)21(24)16-8-4-6-10-18(16)23(2)20(21)26/h3-10,22H,11-12H2,1-2H3/t21-/m1/s1. The van der Waals surface area contributed by atoms with Crippen molar-refractivity contribution in [3.8, 4) is 0 Å². The Kier molecular flexibility index (Phi) is 2.91. The molecule has 0 fully saturated rings. The molecular formula is C21H19N3O2. The number of aromatic amines is 1. The molecule has 0 aliphatic carbocycles. The molecule has 3 aromatic rings. The quantitative estimate of drug-likeness (QED) is 0.681. The van der Waals surface area contributed by atoms with Crippen LogP contribution in [-0.4, -0.2) is 35.3 Å². The van der Waals surface area contributed by atoms with Crippen molar-refractivity contribution in [2.24, 2.45) is 0 Å². The Balaban J connectivity index is 1.92. The minimum atomic E-state index is -1.11. The number of hydrogen-bond donors (Lipinski definition) is 1. The summed E-state index contributed by atoms with van der Waals surface area (Å²) in [5.41, 5.74) is 3.59. The fourth-order valence-electron chi connectivity index (χ4n) is 4.73. The molecule has 5 rings (SSSR count). The second-order valence-corrected chi connectivity index (χ2v) is 7.04. The van der Waals surface area contributed by atoms with Gasteiger partial charge in [0, 0.05) is 42.7 Å². The minimum Gasteiger partial charge on any atom is -0.355 e. The Morgan fingerprint density at radius 1 is 1.12 bits per heavy atom. The van der Waals surface area contributed by atoms with Gasteiger partial charge in [0.1, 0.15) is 0 Å². The van der Waals surface area contributed by atoms with E-state index < -0.39 is 5.54 Å². The molecule has 0 radical (unpaired) electrons. The van der Waals surface area contributed by atoms with E-state index >= 15 is 0 Å². The van der Waals surface area contributed by atoms with Gasteiger partial charge in [0.25, 0.3) is 5.91 Å². The minimum absolute atomic E-state index is 0.0820. The third-order valence-electron chi connectivity index (χ3n) is 5.82. The van der Waals surface area contributed by atoms with Gasteiger partial charge in [-0.3, -0.25) is 9.59 Å². The van der Waals surface area contributed by atoms with Gasteiger partial charge >= 0.3 is 0 Å². The van der Waals surface area contributed by atoms with Crippen LogP contribution in [-0.2, 0) is 21.5 Å². The van der Waals surface area contributed by atoms with E-state index in [4.69, 9.17) is 0 Å². The summed E-state index contributed by atoms with van der Waals surface area (Å²) < 4.78 is 0. The summed E-state index contributed by atoms with van der Waals surface area (Å²) in [6, 6.07) is 15.9. The molecule has 1 N–H and O–H groups in total. The lowest BCUT2D eigenvalue weighted by Gasteiger charge is -2.43. The molecule has 130 valence electrons. The van der Waals surface area contributed by atoms with E-state index in [9.17, 15) is 9.59 Å². The van der Waals surface area contributed by atoms with E-state index in [1.807, 2.05) is 42.5 Å². The fraction of sp³-hybridized carbons (Fsp3) is 0.238. The van der Waals surface area contributed by atoms with E-state index in [1.165, 1.54) is 0 Å². The summed E-state index contributed by atoms with van der Waals surface area (Å²) >= 11 is 0. The van der Waals surface area contributed by atoms with Crippen LogP contribution in [0.1, 0.15) is 23.7 Å². The number of H-pyrrole nitrogens is 1. The van der Waals surface area contributed by atoms with Crippen LogP contribution in [0, 0.1) is 0 Å². The normalized spacial score (nSPS) is 21.4. The fourth-order valence-corrected chi connectivity index (χ4v) is 4.73. The van der Waals surface area contributed by atoms with Crippen molar-refractivity contribution in [2.75, 3.05) is 18.5 Å². The summed E-state index contributed by atoms with van der Waals surface area (Å²) in [6.45, 7) is 2.07. The highest BCUT2D eigenvalue weighted by atomic mass is 16.2. The number of anilines is 1. The maximum Gasteiger partial charge on any atom is 0.263 e. The Hall–Kier alpha value is -3.08. The van der Waals surface area contributed by atoms with Gasteiger partial charge in [-0.05, 0) is 24.1 Å². The molecule has 1 atom stereocenters. The summed E-state index contributed by atoms with van der Waals surface area (Å²) in [4.78, 5) is 33.1. The zero-order chi connectivity index (χ0) is 18.1. The second-order valence-electron chi connectivity index (χ2n) is 7.04. The molecule has 0 saturated heterocycles. The van der Waals surface area contributed by atoms with Gasteiger partial charge in [0.05, 0.1) is 5.69 Å². The topological polar surface area (TPSA) is 56.4 Å². The van der Waals surface area contributed by atoms with Crippen molar-refractivity contribution in [3.05, 3.63) is 65.4 Å². The number of nitrogens with one attached hydrogen (secondary N) is 1. The third kappa shape index (κ3) is 1.60. The number of likely N-dealkylation sites (N-methyl/N-ethyl adjacent to an activating group) is 1. The highest BCUT2D eigenvalue weighted by molar-refractivity contribution is 6.12. The number of rotatable bonds is 0. The maximum atomic E-state index is 13.6. The molecule has 2 amide bonds. The van der Waals surface area contributed by atoms with Gasteiger partial charge in [-0.25, -0.2) is 0 Å². The zero-order valence-electron chi connectivity index (χ0n) is 14.7. The number of nitrogens with zero attached hydrogens (tertiary/aromatic N) is 2. The lowest BCUT2D eigenvalue weighted by atomic mass is 9.80. The Morgan fingerprint density at radius 2 is 1.85 bits per heavy atom. The summed E-state index contributed by atoms with van der Waals surface area (Å²) in [6.07, 6.45) is 0.736. The molecule has 1 aromatic heterocycles. The first-order valence-corrected chi connectivity index (χ1v) is 8.82. The van der Waals surface area contributed by atoms with E-state index in [-0.39, 0.29) is 11.8 Å². The van der Waals surface area contributed by atoms with Gasteiger partial charge in [0.2, 0.25) is 5.91 Å². The van der Waals surface area contributed by atoms with Crippen LogP contribution in [0.25, 0.3) is 10.9 Å². The Bertz CT molecular complexity index is 1080. The maximum absolute atomic E-state index is 13.6. The summed E-state index contributed by atoms with van der Waals surface area (Å²) in [5, 5.41) is 1.13. The molecule has 2 aliphatic heterocycles. The predicted molar refractivity (Wildman–Crippen MR) is 100 cm³/mol. The number of para-hydroxylation sites is 2. The van der Waals surface area contributed by atoms with Crippen molar-refractivity contribution in [3.63, 3.8) is 0 Å². The number of hydrogen-bond acceptors (Lipinski definition) is 2. The van der Waals surface area contributed by atoms with Crippen LogP contribution in [0.3, 0.4) is 0 Å². The molecule has 0 saturated carbocycles. The van der Waals surface area contributed by atoms with Gasteiger partial charge in [0.15, 0.2) is 5.54 Å². The zero-order valence-corrected chi connectivity index (χ0v) is 14.7. The first kappa shape index (κ1) is 15.2.